The smallest absolute Gasteiger partial charge is 0.226 e. The Kier molecular flexibility index (Phi) is 4.35. The Labute approximate surface area is 173 Å². The summed E-state index contributed by atoms with van der Waals surface area (Å²) >= 11 is 6.62. The summed E-state index contributed by atoms with van der Waals surface area (Å²) in [7, 11) is 1.86. The number of nitrogens with zero attached hydrogens (tertiary/aromatic N) is 3. The van der Waals surface area contributed by atoms with E-state index in [1.54, 1.807) is 6.20 Å². The number of hydrogen-bond donors (Lipinski definition) is 3. The lowest BCUT2D eigenvalue weighted by molar-refractivity contribution is -0.128. The summed E-state index contributed by atoms with van der Waals surface area (Å²) in [6.45, 7) is 2.40. The number of rotatable bonds is 3. The highest BCUT2D eigenvalue weighted by molar-refractivity contribution is 6.33. The van der Waals surface area contributed by atoms with Gasteiger partial charge in [0.05, 0.1) is 21.6 Å². The molecule has 7 nitrogen and oxygen atoms in total. The third kappa shape index (κ3) is 2.92. The lowest BCUT2D eigenvalue weighted by atomic mass is 9.77. The molecule has 4 heterocycles. The average Bonchev–Trinajstić information content (AvgIpc) is 3.31. The molecule has 1 amide bonds. The molecule has 0 unspecified atom stereocenters. The second kappa shape index (κ2) is 6.91. The third-order valence-corrected chi connectivity index (χ3v) is 6.67. The van der Waals surface area contributed by atoms with Gasteiger partial charge in [-0.1, -0.05) is 17.7 Å². The molecule has 0 bridgehead atoms. The van der Waals surface area contributed by atoms with Gasteiger partial charge in [-0.15, -0.1) is 0 Å². The number of nitrogens with one attached hydrogen (secondary N) is 3. The van der Waals surface area contributed by atoms with Gasteiger partial charge in [-0.05, 0) is 37.0 Å². The van der Waals surface area contributed by atoms with Crippen LogP contribution in [0.3, 0.4) is 0 Å². The second-order valence-electron chi connectivity index (χ2n) is 7.87. The van der Waals surface area contributed by atoms with Crippen molar-refractivity contribution in [1.29, 1.82) is 0 Å². The number of halogens is 1. The first-order chi connectivity index (χ1) is 14.1. The molecule has 0 atom stereocenters. The minimum absolute atomic E-state index is 0.200. The van der Waals surface area contributed by atoms with E-state index in [-0.39, 0.29) is 11.3 Å². The second-order valence-corrected chi connectivity index (χ2v) is 8.28. The van der Waals surface area contributed by atoms with Crippen molar-refractivity contribution in [1.82, 2.24) is 20.5 Å². The van der Waals surface area contributed by atoms with Crippen LogP contribution < -0.4 is 15.5 Å². The molecule has 8 heteroatoms. The summed E-state index contributed by atoms with van der Waals surface area (Å²) in [6, 6.07) is 6.21. The van der Waals surface area contributed by atoms with Crippen molar-refractivity contribution in [3.63, 3.8) is 0 Å². The van der Waals surface area contributed by atoms with E-state index in [2.05, 4.69) is 48.9 Å². The van der Waals surface area contributed by atoms with Crippen LogP contribution >= 0.6 is 11.6 Å². The van der Waals surface area contributed by atoms with Gasteiger partial charge in [0, 0.05) is 50.0 Å². The quantitative estimate of drug-likeness (QED) is 0.616. The van der Waals surface area contributed by atoms with Gasteiger partial charge in [0.2, 0.25) is 5.91 Å². The molecule has 2 aromatic heterocycles. The molecular formula is C21H23ClN6O. The molecule has 2 aliphatic rings. The van der Waals surface area contributed by atoms with E-state index in [1.807, 2.05) is 13.2 Å². The van der Waals surface area contributed by atoms with E-state index in [1.165, 1.54) is 0 Å². The number of H-pyrrole nitrogens is 1. The van der Waals surface area contributed by atoms with E-state index in [0.29, 0.717) is 5.02 Å². The number of carbonyl (C=O) groups is 1. The molecule has 0 aliphatic carbocycles. The molecule has 29 heavy (non-hydrogen) atoms. The largest absolute Gasteiger partial charge is 0.371 e. The lowest BCUT2D eigenvalue weighted by Crippen LogP contribution is -2.44. The fourth-order valence-corrected chi connectivity index (χ4v) is 4.97. The summed E-state index contributed by atoms with van der Waals surface area (Å²) in [4.78, 5) is 19.0. The molecule has 2 saturated heterocycles. The van der Waals surface area contributed by atoms with Crippen molar-refractivity contribution in [2.75, 3.05) is 36.9 Å². The Hall–Kier alpha value is -2.80. The number of carbonyl (C=O) groups excluding carboxylic acids is 1. The molecule has 150 valence electrons. The number of fused-ring (bicyclic) bond motifs is 1. The summed E-state index contributed by atoms with van der Waals surface area (Å²) in [5.41, 5.74) is 3.77. The summed E-state index contributed by atoms with van der Waals surface area (Å²) in [5, 5.41) is 15.1. The Morgan fingerprint density at radius 1 is 1.21 bits per heavy atom. The monoisotopic (exact) mass is 410 g/mol. The van der Waals surface area contributed by atoms with Crippen LogP contribution in [0.1, 0.15) is 19.3 Å². The minimum Gasteiger partial charge on any atom is -0.371 e. The van der Waals surface area contributed by atoms with Crippen LogP contribution in [-0.2, 0) is 4.79 Å². The van der Waals surface area contributed by atoms with Crippen LogP contribution in [0.2, 0.25) is 5.02 Å². The minimum atomic E-state index is -0.200. The maximum Gasteiger partial charge on any atom is 0.226 e. The molecule has 0 radical (unpaired) electrons. The number of aromatic nitrogens is 3. The number of pyridine rings is 1. The maximum atomic E-state index is 12.3. The van der Waals surface area contributed by atoms with E-state index < -0.39 is 0 Å². The summed E-state index contributed by atoms with van der Waals surface area (Å²) in [5.74, 6) is 1.04. The number of anilines is 2. The van der Waals surface area contributed by atoms with Gasteiger partial charge in [0.15, 0.2) is 5.82 Å². The van der Waals surface area contributed by atoms with Crippen LogP contribution in [-0.4, -0.2) is 47.8 Å². The highest BCUT2D eigenvalue weighted by Gasteiger charge is 2.44. The Morgan fingerprint density at radius 3 is 2.76 bits per heavy atom. The van der Waals surface area contributed by atoms with Gasteiger partial charge in [-0.25, -0.2) is 0 Å². The predicted octanol–water partition coefficient (Wildman–Crippen LogP) is 3.43. The predicted molar refractivity (Wildman–Crippen MR) is 115 cm³/mol. The Balaban J connectivity index is 1.50. The lowest BCUT2D eigenvalue weighted by Gasteiger charge is -2.39. The van der Waals surface area contributed by atoms with Crippen LogP contribution in [0, 0.1) is 5.41 Å². The van der Waals surface area contributed by atoms with Crippen molar-refractivity contribution >= 4 is 39.9 Å². The molecule has 0 saturated carbocycles. The number of hydrogen-bond acceptors (Lipinski definition) is 5. The van der Waals surface area contributed by atoms with E-state index in [4.69, 9.17) is 11.6 Å². The van der Waals surface area contributed by atoms with Crippen LogP contribution in [0.15, 0.2) is 30.6 Å². The number of aromatic amines is 1. The van der Waals surface area contributed by atoms with E-state index in [9.17, 15) is 4.79 Å². The molecule has 3 aromatic rings. The first-order valence-corrected chi connectivity index (χ1v) is 10.3. The normalized spacial score (nSPS) is 18.4. The standard InChI is InChI=1S/C21H23ClN6O/c1-23-19-14-3-2-13(10-17(14)26-27-19)15-11-24-12-16(22)18(15)28-8-5-21(6-9-28)4-7-25-20(21)29/h2-3,10-12H,4-9H2,1H3,(H,25,29)(H2,23,26,27). The summed E-state index contributed by atoms with van der Waals surface area (Å²) < 4.78 is 0. The number of piperidine rings is 1. The van der Waals surface area contributed by atoms with Crippen molar-refractivity contribution in [3.8, 4) is 11.1 Å². The van der Waals surface area contributed by atoms with Crippen LogP contribution in [0.25, 0.3) is 22.0 Å². The van der Waals surface area contributed by atoms with E-state index >= 15 is 0 Å². The fraction of sp³-hybridized carbons (Fsp3) is 0.381. The van der Waals surface area contributed by atoms with Crippen molar-refractivity contribution in [2.45, 2.75) is 19.3 Å². The van der Waals surface area contributed by atoms with Crippen molar-refractivity contribution in [2.24, 2.45) is 5.41 Å². The SMILES string of the molecule is CNc1n[nH]c2cc(-c3cncc(Cl)c3N3CCC4(CCNC4=O)CC3)ccc12. The molecule has 3 N–H and O–H groups in total. The third-order valence-electron chi connectivity index (χ3n) is 6.39. The summed E-state index contributed by atoms with van der Waals surface area (Å²) in [6.07, 6.45) is 6.19. The Bertz CT molecular complexity index is 1090. The molecule has 2 fully saturated rings. The molecular weight excluding hydrogens is 388 g/mol. The van der Waals surface area contributed by atoms with Gasteiger partial charge in [0.1, 0.15) is 0 Å². The average molecular weight is 411 g/mol. The van der Waals surface area contributed by atoms with Crippen molar-refractivity contribution in [3.05, 3.63) is 35.6 Å². The number of benzene rings is 1. The molecule has 1 aromatic carbocycles. The van der Waals surface area contributed by atoms with Gasteiger partial charge >= 0.3 is 0 Å². The van der Waals surface area contributed by atoms with Crippen LogP contribution in [0.5, 0.6) is 0 Å². The van der Waals surface area contributed by atoms with Gasteiger partial charge in [-0.3, -0.25) is 14.9 Å². The zero-order valence-corrected chi connectivity index (χ0v) is 17.0. The van der Waals surface area contributed by atoms with Gasteiger partial charge < -0.3 is 15.5 Å². The van der Waals surface area contributed by atoms with Gasteiger partial charge in [0.25, 0.3) is 0 Å². The maximum absolute atomic E-state index is 12.3. The number of amides is 1. The molecule has 2 aliphatic heterocycles. The van der Waals surface area contributed by atoms with Crippen molar-refractivity contribution < 1.29 is 4.79 Å². The topological polar surface area (TPSA) is 85.9 Å². The molecule has 5 rings (SSSR count). The highest BCUT2D eigenvalue weighted by atomic mass is 35.5. The zero-order valence-electron chi connectivity index (χ0n) is 16.3. The Morgan fingerprint density at radius 2 is 2.03 bits per heavy atom. The molecule has 1 spiro atoms. The zero-order chi connectivity index (χ0) is 20.0. The highest BCUT2D eigenvalue weighted by Crippen LogP contribution is 2.43. The first-order valence-electron chi connectivity index (χ1n) is 9.94. The van der Waals surface area contributed by atoms with E-state index in [0.717, 1.165) is 72.4 Å². The fourth-order valence-electron chi connectivity index (χ4n) is 4.69. The first kappa shape index (κ1) is 18.2. The van der Waals surface area contributed by atoms with Crippen LogP contribution in [0.4, 0.5) is 11.5 Å². The van der Waals surface area contributed by atoms with Gasteiger partial charge in [-0.2, -0.15) is 5.10 Å².